The fraction of sp³-hybridized carbons (Fsp3) is 0.478. The van der Waals surface area contributed by atoms with E-state index in [1.54, 1.807) is 17.3 Å². The third-order valence-corrected chi connectivity index (χ3v) is 6.50. The van der Waals surface area contributed by atoms with Crippen LogP contribution in [0.4, 0.5) is 13.2 Å². The van der Waals surface area contributed by atoms with E-state index >= 15 is 0 Å². The average molecular weight is 477 g/mol. The van der Waals surface area contributed by atoms with Crippen molar-refractivity contribution in [2.24, 2.45) is 13.0 Å². The van der Waals surface area contributed by atoms with E-state index in [0.717, 1.165) is 21.6 Å². The Hall–Kier alpha value is -3.37. The molecule has 0 saturated carbocycles. The molecule has 0 radical (unpaired) electrons. The Morgan fingerprint density at radius 2 is 1.91 bits per heavy atom. The monoisotopic (exact) mass is 476 g/mol. The Bertz CT molecular complexity index is 1280. The molecule has 11 heteroatoms. The van der Waals surface area contributed by atoms with Crippen LogP contribution in [0, 0.1) is 26.7 Å². The van der Waals surface area contributed by atoms with Crippen molar-refractivity contribution in [3.8, 4) is 0 Å². The molecule has 2 atom stereocenters. The van der Waals surface area contributed by atoms with Gasteiger partial charge in [-0.15, -0.1) is 0 Å². The van der Waals surface area contributed by atoms with Gasteiger partial charge >= 0.3 is 6.18 Å². The molecule has 1 aliphatic rings. The van der Waals surface area contributed by atoms with Gasteiger partial charge in [-0.25, -0.2) is 4.98 Å². The Morgan fingerprint density at radius 1 is 1.21 bits per heavy atom. The van der Waals surface area contributed by atoms with Crippen molar-refractivity contribution < 1.29 is 22.8 Å². The van der Waals surface area contributed by atoms with Gasteiger partial charge in [0.1, 0.15) is 11.3 Å². The molecule has 0 aromatic carbocycles. The molecular weight excluding hydrogens is 449 g/mol. The third-order valence-electron chi connectivity index (χ3n) is 6.50. The van der Waals surface area contributed by atoms with Crippen molar-refractivity contribution in [2.75, 3.05) is 13.1 Å². The number of fused-ring (bicyclic) bond motifs is 1. The number of amides is 2. The first kappa shape index (κ1) is 23.8. The van der Waals surface area contributed by atoms with E-state index in [0.29, 0.717) is 25.1 Å². The minimum Gasteiger partial charge on any atom is -0.348 e. The number of aromatic nitrogens is 4. The summed E-state index contributed by atoms with van der Waals surface area (Å²) in [6, 6.07) is 1.55. The Balaban J connectivity index is 1.46. The second-order valence-corrected chi connectivity index (χ2v) is 9.05. The van der Waals surface area contributed by atoms with Crippen LogP contribution in [-0.2, 0) is 13.2 Å². The molecule has 3 aromatic rings. The summed E-state index contributed by atoms with van der Waals surface area (Å²) in [5.74, 6) is -0.791. The lowest BCUT2D eigenvalue weighted by molar-refractivity contribution is -0.141. The predicted molar refractivity (Wildman–Crippen MR) is 119 cm³/mol. The van der Waals surface area contributed by atoms with E-state index in [4.69, 9.17) is 0 Å². The molecule has 4 heterocycles. The lowest BCUT2D eigenvalue weighted by Gasteiger charge is -2.37. The molecule has 182 valence electrons. The SMILES string of the molecule is Cc1c(C(F)(F)F)nn(C)c1C(=O)N[C@@H]1CCN(C(=O)c2cc(C)c3ncc(C)n3c2)C[C@@H]1C. The highest BCUT2D eigenvalue weighted by molar-refractivity contribution is 5.95. The van der Waals surface area contributed by atoms with Crippen molar-refractivity contribution in [3.05, 3.63) is 52.2 Å². The molecule has 1 saturated heterocycles. The van der Waals surface area contributed by atoms with E-state index in [9.17, 15) is 22.8 Å². The number of hydrogen-bond donors (Lipinski definition) is 1. The molecule has 0 unspecified atom stereocenters. The minimum absolute atomic E-state index is 0.0860. The van der Waals surface area contributed by atoms with Gasteiger partial charge in [-0.05, 0) is 44.7 Å². The maximum Gasteiger partial charge on any atom is 0.435 e. The van der Waals surface area contributed by atoms with Gasteiger partial charge in [0.2, 0.25) is 0 Å². The van der Waals surface area contributed by atoms with E-state index < -0.39 is 17.8 Å². The molecule has 34 heavy (non-hydrogen) atoms. The zero-order valence-corrected chi connectivity index (χ0v) is 19.7. The van der Waals surface area contributed by atoms with Crippen molar-refractivity contribution in [1.82, 2.24) is 29.4 Å². The smallest absolute Gasteiger partial charge is 0.348 e. The summed E-state index contributed by atoms with van der Waals surface area (Å²) >= 11 is 0. The van der Waals surface area contributed by atoms with Crippen LogP contribution in [0.1, 0.15) is 56.7 Å². The summed E-state index contributed by atoms with van der Waals surface area (Å²) in [5, 5.41) is 6.34. The second-order valence-electron chi connectivity index (χ2n) is 9.05. The summed E-state index contributed by atoms with van der Waals surface area (Å²) in [6.45, 7) is 7.83. The number of nitrogens with one attached hydrogen (secondary N) is 1. The standard InChI is InChI=1S/C23H27F3N6O2/c1-12-8-16(11-32-14(3)9-27-20(12)32)22(34)31-7-6-17(13(2)10-31)28-21(33)18-15(4)19(23(24,25)26)29-30(18)5/h8-9,11,13,17H,6-7,10H2,1-5H3,(H,28,33)/t13-,17+/m0/s1. The molecule has 1 aliphatic heterocycles. The van der Waals surface area contributed by atoms with Crippen LogP contribution in [0.3, 0.4) is 0 Å². The first-order valence-electron chi connectivity index (χ1n) is 11.0. The largest absolute Gasteiger partial charge is 0.435 e. The van der Waals surface area contributed by atoms with Crippen LogP contribution in [0.5, 0.6) is 0 Å². The average Bonchev–Trinajstić information content (AvgIpc) is 3.28. The first-order chi connectivity index (χ1) is 15.9. The number of halogens is 3. The van der Waals surface area contributed by atoms with Gasteiger partial charge in [-0.1, -0.05) is 6.92 Å². The highest BCUT2D eigenvalue weighted by atomic mass is 19.4. The number of alkyl halides is 3. The number of hydrogen-bond acceptors (Lipinski definition) is 4. The van der Waals surface area contributed by atoms with Crippen molar-refractivity contribution in [1.29, 1.82) is 0 Å². The Kier molecular flexibility index (Phi) is 5.91. The van der Waals surface area contributed by atoms with Gasteiger partial charge in [0, 0.05) is 49.8 Å². The summed E-state index contributed by atoms with van der Waals surface area (Å²) in [7, 11) is 1.32. The van der Waals surface area contributed by atoms with Gasteiger partial charge in [-0.2, -0.15) is 18.3 Å². The summed E-state index contributed by atoms with van der Waals surface area (Å²) < 4.78 is 42.3. The van der Waals surface area contributed by atoms with Crippen molar-refractivity contribution in [2.45, 2.75) is 46.3 Å². The molecule has 1 N–H and O–H groups in total. The maximum atomic E-state index is 13.2. The number of piperidine rings is 1. The third kappa shape index (κ3) is 4.14. The molecular formula is C23H27F3N6O2. The van der Waals surface area contributed by atoms with Crippen LogP contribution in [0.25, 0.3) is 5.65 Å². The number of pyridine rings is 1. The fourth-order valence-electron chi connectivity index (χ4n) is 4.67. The number of likely N-dealkylation sites (tertiary alicyclic amines) is 1. The highest BCUT2D eigenvalue weighted by Crippen LogP contribution is 2.32. The molecule has 0 spiro atoms. The van der Waals surface area contributed by atoms with Crippen LogP contribution in [0.2, 0.25) is 0 Å². The molecule has 1 fully saturated rings. The van der Waals surface area contributed by atoms with E-state index in [1.165, 1.54) is 14.0 Å². The molecule has 8 nitrogen and oxygen atoms in total. The normalized spacial score (nSPS) is 19.0. The van der Waals surface area contributed by atoms with Crippen LogP contribution >= 0.6 is 0 Å². The summed E-state index contributed by atoms with van der Waals surface area (Å²) in [4.78, 5) is 32.1. The second kappa shape index (κ2) is 8.44. The molecule has 0 bridgehead atoms. The maximum absolute atomic E-state index is 13.2. The number of aryl methyl sites for hydroxylation is 3. The molecule has 3 aromatic heterocycles. The van der Waals surface area contributed by atoms with Gasteiger partial charge in [0.25, 0.3) is 11.8 Å². The lowest BCUT2D eigenvalue weighted by Crippen LogP contribution is -2.51. The number of imidazole rings is 1. The van der Waals surface area contributed by atoms with Crippen LogP contribution in [-0.4, -0.2) is 55.0 Å². The van der Waals surface area contributed by atoms with E-state index in [1.807, 2.05) is 31.2 Å². The first-order valence-corrected chi connectivity index (χ1v) is 11.0. The number of rotatable bonds is 3. The highest BCUT2D eigenvalue weighted by Gasteiger charge is 2.39. The fourth-order valence-corrected chi connectivity index (χ4v) is 4.67. The molecule has 4 rings (SSSR count). The van der Waals surface area contributed by atoms with E-state index in [2.05, 4.69) is 15.4 Å². The molecule has 0 aliphatic carbocycles. The van der Waals surface area contributed by atoms with Crippen molar-refractivity contribution >= 4 is 17.5 Å². The Labute approximate surface area is 194 Å². The lowest BCUT2D eigenvalue weighted by atomic mass is 9.93. The van der Waals surface area contributed by atoms with Gasteiger partial charge < -0.3 is 14.6 Å². The molecule has 2 amide bonds. The zero-order valence-electron chi connectivity index (χ0n) is 19.7. The predicted octanol–water partition coefficient (Wildman–Crippen LogP) is 3.29. The number of carbonyl (C=O) groups is 2. The van der Waals surface area contributed by atoms with Gasteiger partial charge in [0.15, 0.2) is 5.69 Å². The Morgan fingerprint density at radius 3 is 2.53 bits per heavy atom. The van der Waals surface area contributed by atoms with Gasteiger partial charge in [-0.3, -0.25) is 14.3 Å². The van der Waals surface area contributed by atoms with E-state index in [-0.39, 0.29) is 29.1 Å². The number of nitrogens with zero attached hydrogens (tertiary/aromatic N) is 5. The zero-order chi connectivity index (χ0) is 24.9. The van der Waals surface area contributed by atoms with Crippen molar-refractivity contribution in [3.63, 3.8) is 0 Å². The number of carbonyl (C=O) groups excluding carboxylic acids is 2. The van der Waals surface area contributed by atoms with Crippen LogP contribution in [0.15, 0.2) is 18.5 Å². The minimum atomic E-state index is -4.63. The van der Waals surface area contributed by atoms with Gasteiger partial charge in [0.05, 0.1) is 5.56 Å². The summed E-state index contributed by atoms with van der Waals surface area (Å²) in [6.07, 6.45) is -0.591. The van der Waals surface area contributed by atoms with Crippen LogP contribution < -0.4 is 5.32 Å². The topological polar surface area (TPSA) is 84.5 Å². The summed E-state index contributed by atoms with van der Waals surface area (Å²) in [5.41, 5.74) is 1.83. The quantitative estimate of drug-likeness (QED) is 0.629.